The zero-order valence-corrected chi connectivity index (χ0v) is 13.9. The molecule has 1 fully saturated rings. The molecule has 1 aromatic carbocycles. The van der Waals surface area contributed by atoms with Crippen molar-refractivity contribution in [3.8, 4) is 0 Å². The molecule has 2 amide bonds. The van der Waals surface area contributed by atoms with Crippen LogP contribution in [0.2, 0.25) is 0 Å². The fourth-order valence-corrected chi connectivity index (χ4v) is 3.34. The first-order valence-corrected chi connectivity index (χ1v) is 9.24. The number of urea groups is 1. The van der Waals surface area contributed by atoms with Gasteiger partial charge in [0, 0.05) is 32.7 Å². The first-order valence-electron chi connectivity index (χ1n) is 7.40. The fraction of sp³-hybridized carbons (Fsp3) is 0.533. The van der Waals surface area contributed by atoms with Crippen LogP contribution in [0, 0.1) is 6.92 Å². The van der Waals surface area contributed by atoms with Crippen LogP contribution in [-0.2, 0) is 16.4 Å². The zero-order chi connectivity index (χ0) is 16.2. The number of piperazine rings is 1. The molecule has 122 valence electrons. The van der Waals surface area contributed by atoms with E-state index >= 15 is 0 Å². The van der Waals surface area contributed by atoms with E-state index in [1.54, 1.807) is 4.90 Å². The molecule has 1 aromatic rings. The molecule has 0 aromatic heterocycles. The van der Waals surface area contributed by atoms with E-state index in [1.165, 1.54) is 21.7 Å². The number of hydrogen-bond donors (Lipinski definition) is 1. The Bertz CT molecular complexity index is 623. The Morgan fingerprint density at radius 3 is 2.50 bits per heavy atom. The van der Waals surface area contributed by atoms with Crippen molar-refractivity contribution in [3.63, 3.8) is 0 Å². The maximum absolute atomic E-state index is 12.1. The van der Waals surface area contributed by atoms with Gasteiger partial charge in [-0.15, -0.1) is 0 Å². The molecule has 1 aliphatic rings. The molecule has 1 N–H and O–H groups in total. The third-order valence-electron chi connectivity index (χ3n) is 3.77. The molecule has 0 unspecified atom stereocenters. The van der Waals surface area contributed by atoms with Gasteiger partial charge in [0.1, 0.15) is 0 Å². The summed E-state index contributed by atoms with van der Waals surface area (Å²) in [6.07, 6.45) is 1.99. The first-order chi connectivity index (χ1) is 10.4. The van der Waals surface area contributed by atoms with Gasteiger partial charge < -0.3 is 10.2 Å². The van der Waals surface area contributed by atoms with Crippen LogP contribution < -0.4 is 5.32 Å². The average Bonchev–Trinajstić information content (AvgIpc) is 2.46. The maximum atomic E-state index is 12.1. The summed E-state index contributed by atoms with van der Waals surface area (Å²) in [7, 11) is -3.16. The Kier molecular flexibility index (Phi) is 5.42. The van der Waals surface area contributed by atoms with Crippen LogP contribution in [0.1, 0.15) is 11.1 Å². The summed E-state index contributed by atoms with van der Waals surface area (Å²) >= 11 is 0. The lowest BCUT2D eigenvalue weighted by Gasteiger charge is -2.33. The van der Waals surface area contributed by atoms with Crippen molar-refractivity contribution in [3.05, 3.63) is 35.4 Å². The van der Waals surface area contributed by atoms with E-state index in [4.69, 9.17) is 0 Å². The molecule has 0 bridgehead atoms. The summed E-state index contributed by atoms with van der Waals surface area (Å²) in [5.41, 5.74) is 2.41. The summed E-state index contributed by atoms with van der Waals surface area (Å²) in [5.74, 6) is 0. The van der Waals surface area contributed by atoms with Crippen LogP contribution in [0.25, 0.3) is 0 Å². The van der Waals surface area contributed by atoms with Gasteiger partial charge in [-0.25, -0.2) is 13.2 Å². The monoisotopic (exact) mass is 325 g/mol. The number of carbonyl (C=O) groups excluding carboxylic acids is 1. The van der Waals surface area contributed by atoms with Crippen LogP contribution in [0.3, 0.4) is 0 Å². The van der Waals surface area contributed by atoms with E-state index in [-0.39, 0.29) is 6.03 Å². The van der Waals surface area contributed by atoms with Crippen LogP contribution in [0.4, 0.5) is 4.79 Å². The second kappa shape index (κ2) is 7.11. The average molecular weight is 325 g/mol. The molecule has 1 heterocycles. The van der Waals surface area contributed by atoms with E-state index in [1.807, 2.05) is 25.1 Å². The predicted octanol–water partition coefficient (Wildman–Crippen LogP) is 0.824. The van der Waals surface area contributed by atoms with E-state index in [0.717, 1.165) is 6.42 Å². The SMILES string of the molecule is Cc1cccc(CCNC(=O)N2CCN(S(C)(=O)=O)CC2)c1. The molecule has 0 spiro atoms. The third-order valence-corrected chi connectivity index (χ3v) is 5.07. The van der Waals surface area contributed by atoms with Gasteiger partial charge in [-0.1, -0.05) is 29.8 Å². The van der Waals surface area contributed by atoms with E-state index in [9.17, 15) is 13.2 Å². The minimum Gasteiger partial charge on any atom is -0.338 e. The molecule has 0 atom stereocenters. The maximum Gasteiger partial charge on any atom is 0.317 e. The Balaban J connectivity index is 1.75. The van der Waals surface area contributed by atoms with Crippen molar-refractivity contribution < 1.29 is 13.2 Å². The highest BCUT2D eigenvalue weighted by Crippen LogP contribution is 2.07. The van der Waals surface area contributed by atoms with Gasteiger partial charge in [0.15, 0.2) is 0 Å². The standard InChI is InChI=1S/C15H23N3O3S/c1-13-4-3-5-14(12-13)6-7-16-15(19)17-8-10-18(11-9-17)22(2,20)21/h3-5,12H,6-11H2,1-2H3,(H,16,19). The third kappa shape index (κ3) is 4.71. The predicted molar refractivity (Wildman–Crippen MR) is 86.3 cm³/mol. The minimum atomic E-state index is -3.16. The lowest BCUT2D eigenvalue weighted by molar-refractivity contribution is 0.172. The normalized spacial score (nSPS) is 16.5. The lowest BCUT2D eigenvalue weighted by atomic mass is 10.1. The van der Waals surface area contributed by atoms with Crippen LogP contribution in [-0.4, -0.2) is 62.6 Å². The molecule has 0 saturated carbocycles. The number of carbonyl (C=O) groups is 1. The molecule has 0 radical (unpaired) electrons. The summed E-state index contributed by atoms with van der Waals surface area (Å²) in [5, 5.41) is 2.89. The molecule has 1 aliphatic heterocycles. The number of sulfonamides is 1. The van der Waals surface area contributed by atoms with E-state index in [0.29, 0.717) is 32.7 Å². The second-order valence-corrected chi connectivity index (χ2v) is 7.60. The van der Waals surface area contributed by atoms with Gasteiger partial charge in [-0.05, 0) is 18.9 Å². The molecule has 6 nitrogen and oxygen atoms in total. The topological polar surface area (TPSA) is 69.7 Å². The van der Waals surface area contributed by atoms with Gasteiger partial charge >= 0.3 is 6.03 Å². The lowest BCUT2D eigenvalue weighted by Crippen LogP contribution is -2.53. The Morgan fingerprint density at radius 2 is 1.91 bits per heavy atom. The number of nitrogens with one attached hydrogen (secondary N) is 1. The number of hydrogen-bond acceptors (Lipinski definition) is 3. The van der Waals surface area contributed by atoms with Crippen LogP contribution >= 0.6 is 0 Å². The Hall–Kier alpha value is -1.60. The van der Waals surface area contributed by atoms with Crippen molar-refractivity contribution in [2.24, 2.45) is 0 Å². The summed E-state index contributed by atoms with van der Waals surface area (Å²) in [4.78, 5) is 13.7. The summed E-state index contributed by atoms with van der Waals surface area (Å²) < 4.78 is 24.3. The minimum absolute atomic E-state index is 0.124. The highest BCUT2D eigenvalue weighted by atomic mass is 32.2. The molecule has 0 aliphatic carbocycles. The smallest absolute Gasteiger partial charge is 0.317 e. The largest absolute Gasteiger partial charge is 0.338 e. The highest BCUT2D eigenvalue weighted by molar-refractivity contribution is 7.88. The number of amides is 2. The quantitative estimate of drug-likeness (QED) is 0.891. The summed E-state index contributed by atoms with van der Waals surface area (Å²) in [6.45, 7) is 4.22. The second-order valence-electron chi connectivity index (χ2n) is 5.62. The molecule has 2 rings (SSSR count). The van der Waals surface area contributed by atoms with Gasteiger partial charge in [-0.3, -0.25) is 0 Å². The van der Waals surface area contributed by atoms with Crippen molar-refractivity contribution in [2.45, 2.75) is 13.3 Å². The molecule has 7 heteroatoms. The number of aryl methyl sites for hydroxylation is 1. The van der Waals surface area contributed by atoms with Gasteiger partial charge in [0.25, 0.3) is 0 Å². The van der Waals surface area contributed by atoms with E-state index < -0.39 is 10.0 Å². The molecular weight excluding hydrogens is 302 g/mol. The first kappa shape index (κ1) is 16.8. The number of rotatable bonds is 4. The van der Waals surface area contributed by atoms with Gasteiger partial charge in [0.05, 0.1) is 6.26 Å². The van der Waals surface area contributed by atoms with Crippen molar-refractivity contribution >= 4 is 16.1 Å². The number of nitrogens with zero attached hydrogens (tertiary/aromatic N) is 2. The van der Waals surface area contributed by atoms with Crippen molar-refractivity contribution in [1.82, 2.24) is 14.5 Å². The summed E-state index contributed by atoms with van der Waals surface area (Å²) in [6, 6.07) is 8.09. The van der Waals surface area contributed by atoms with E-state index in [2.05, 4.69) is 11.4 Å². The van der Waals surface area contributed by atoms with Gasteiger partial charge in [-0.2, -0.15) is 4.31 Å². The number of benzene rings is 1. The molecule has 1 saturated heterocycles. The Labute approximate surface area is 132 Å². The van der Waals surface area contributed by atoms with Crippen molar-refractivity contribution in [2.75, 3.05) is 39.0 Å². The zero-order valence-electron chi connectivity index (χ0n) is 13.1. The highest BCUT2D eigenvalue weighted by Gasteiger charge is 2.25. The van der Waals surface area contributed by atoms with Crippen LogP contribution in [0.15, 0.2) is 24.3 Å². The Morgan fingerprint density at radius 1 is 1.23 bits per heavy atom. The van der Waals surface area contributed by atoms with Gasteiger partial charge in [0.2, 0.25) is 10.0 Å². The van der Waals surface area contributed by atoms with Crippen LogP contribution in [0.5, 0.6) is 0 Å². The molecule has 22 heavy (non-hydrogen) atoms. The fourth-order valence-electron chi connectivity index (χ4n) is 2.52. The van der Waals surface area contributed by atoms with Crippen molar-refractivity contribution in [1.29, 1.82) is 0 Å². The molecular formula is C15H23N3O3S.